The summed E-state index contributed by atoms with van der Waals surface area (Å²) in [6, 6.07) is 13.4. The Kier molecular flexibility index (Phi) is 4.34. The van der Waals surface area contributed by atoms with Gasteiger partial charge in [-0.05, 0) is 23.5 Å². The molecular weight excluding hydrogens is 237 g/mol. The van der Waals surface area contributed by atoms with Crippen molar-refractivity contribution in [3.05, 3.63) is 59.9 Å². The van der Waals surface area contributed by atoms with Crippen LogP contribution in [0.4, 0.5) is 0 Å². The Labute approximate surface area is 114 Å². The van der Waals surface area contributed by atoms with E-state index in [1.165, 1.54) is 0 Å². The zero-order chi connectivity index (χ0) is 13.7. The highest BCUT2D eigenvalue weighted by atomic mass is 16.5. The van der Waals surface area contributed by atoms with Gasteiger partial charge in [-0.3, -0.25) is 4.79 Å². The fourth-order valence-electron chi connectivity index (χ4n) is 1.65. The van der Waals surface area contributed by atoms with Crippen LogP contribution in [0.2, 0.25) is 5.82 Å². The number of Topliss-reactive ketones (excluding diaryl/α,β-unsaturated/α-hetero) is 1. The molecule has 1 heterocycles. The van der Waals surface area contributed by atoms with Crippen molar-refractivity contribution in [1.29, 1.82) is 0 Å². The van der Waals surface area contributed by atoms with Crippen molar-refractivity contribution in [3.63, 3.8) is 0 Å². The van der Waals surface area contributed by atoms with Crippen molar-refractivity contribution in [1.82, 2.24) is 4.98 Å². The first kappa shape index (κ1) is 13.3. The molecular formula is C15H16BNO2. The van der Waals surface area contributed by atoms with E-state index in [9.17, 15) is 4.79 Å². The fourth-order valence-corrected chi connectivity index (χ4v) is 1.65. The van der Waals surface area contributed by atoms with Crippen LogP contribution in [-0.2, 0) is 6.61 Å². The maximum atomic E-state index is 11.7. The summed E-state index contributed by atoms with van der Waals surface area (Å²) in [4.78, 5) is 15.9. The molecule has 1 unspecified atom stereocenters. The van der Waals surface area contributed by atoms with Crippen molar-refractivity contribution < 1.29 is 9.53 Å². The van der Waals surface area contributed by atoms with Crippen LogP contribution in [0.15, 0.2) is 48.7 Å². The number of nitrogens with zero attached hydrogens (tertiary/aromatic N) is 1. The van der Waals surface area contributed by atoms with Crippen molar-refractivity contribution in [3.8, 4) is 5.75 Å². The molecule has 1 aromatic heterocycles. The van der Waals surface area contributed by atoms with E-state index < -0.39 is 0 Å². The Bertz CT molecular complexity index is 538. The normalized spacial score (nSPS) is 11.8. The van der Waals surface area contributed by atoms with Crippen molar-refractivity contribution in [2.75, 3.05) is 0 Å². The number of ether oxygens (including phenoxy) is 1. The van der Waals surface area contributed by atoms with E-state index in [-0.39, 0.29) is 11.6 Å². The Morgan fingerprint density at radius 1 is 1.26 bits per heavy atom. The number of carbonyl (C=O) groups is 1. The zero-order valence-corrected chi connectivity index (χ0v) is 11.2. The number of aromatic nitrogens is 1. The second-order valence-electron chi connectivity index (χ2n) is 4.67. The molecule has 0 radical (unpaired) electrons. The molecule has 0 aliphatic carbocycles. The lowest BCUT2D eigenvalue weighted by Crippen LogP contribution is -2.07. The lowest BCUT2D eigenvalue weighted by Gasteiger charge is -2.07. The van der Waals surface area contributed by atoms with Crippen LogP contribution >= 0.6 is 0 Å². The van der Waals surface area contributed by atoms with Gasteiger partial charge in [-0.1, -0.05) is 37.3 Å². The predicted octanol–water partition coefficient (Wildman–Crippen LogP) is 2.28. The van der Waals surface area contributed by atoms with Gasteiger partial charge in [-0.2, -0.15) is 0 Å². The summed E-state index contributed by atoms with van der Waals surface area (Å²) in [7, 11) is 1.86. The van der Waals surface area contributed by atoms with Crippen molar-refractivity contribution in [2.45, 2.75) is 19.3 Å². The summed E-state index contributed by atoms with van der Waals surface area (Å²) in [5.41, 5.74) is 1.59. The van der Waals surface area contributed by atoms with E-state index in [2.05, 4.69) is 4.98 Å². The molecule has 1 atom stereocenters. The van der Waals surface area contributed by atoms with E-state index in [4.69, 9.17) is 4.74 Å². The first-order chi connectivity index (χ1) is 9.16. The third kappa shape index (κ3) is 3.68. The summed E-state index contributed by atoms with van der Waals surface area (Å²) >= 11 is 0. The van der Waals surface area contributed by atoms with Gasteiger partial charge in [0, 0.05) is 0 Å². The Morgan fingerprint density at radius 3 is 2.58 bits per heavy atom. The highest BCUT2D eigenvalue weighted by Gasteiger charge is 2.11. The van der Waals surface area contributed by atoms with E-state index in [0.29, 0.717) is 18.1 Å². The second kappa shape index (κ2) is 6.18. The standard InChI is InChI=1S/C15H16BNO2/c1-11(16)15(18)14-8-7-13(9-17-14)19-10-12-5-3-2-4-6-12/h2-9,11H,10,16H2,1H3. The maximum absolute atomic E-state index is 11.7. The summed E-state index contributed by atoms with van der Waals surface area (Å²) < 4.78 is 5.61. The number of benzene rings is 1. The molecule has 1 aromatic carbocycles. The summed E-state index contributed by atoms with van der Waals surface area (Å²) in [6.07, 6.45) is 1.60. The van der Waals surface area contributed by atoms with Crippen LogP contribution in [0.25, 0.3) is 0 Å². The van der Waals surface area contributed by atoms with Gasteiger partial charge in [0.05, 0.1) is 6.20 Å². The number of hydrogen-bond acceptors (Lipinski definition) is 3. The van der Waals surface area contributed by atoms with Crippen molar-refractivity contribution in [2.24, 2.45) is 0 Å². The molecule has 0 saturated heterocycles. The number of carbonyl (C=O) groups excluding carboxylic acids is 1. The Hall–Kier alpha value is -2.10. The molecule has 2 aromatic rings. The smallest absolute Gasteiger partial charge is 0.176 e. The van der Waals surface area contributed by atoms with Gasteiger partial charge in [-0.15, -0.1) is 0 Å². The maximum Gasteiger partial charge on any atom is 0.176 e. The van der Waals surface area contributed by atoms with E-state index in [0.717, 1.165) is 5.56 Å². The van der Waals surface area contributed by atoms with Crippen LogP contribution in [-0.4, -0.2) is 18.6 Å². The van der Waals surface area contributed by atoms with Crippen LogP contribution < -0.4 is 4.74 Å². The summed E-state index contributed by atoms with van der Waals surface area (Å²) in [5.74, 6) is 0.683. The van der Waals surface area contributed by atoms with Gasteiger partial charge in [0.15, 0.2) is 5.78 Å². The molecule has 0 bridgehead atoms. The Balaban J connectivity index is 1.98. The third-order valence-corrected chi connectivity index (χ3v) is 2.76. The largest absolute Gasteiger partial charge is 0.487 e. The van der Waals surface area contributed by atoms with Gasteiger partial charge in [0.2, 0.25) is 0 Å². The number of hydrogen-bond donors (Lipinski definition) is 0. The Morgan fingerprint density at radius 2 is 2.00 bits per heavy atom. The molecule has 0 aliphatic rings. The zero-order valence-electron chi connectivity index (χ0n) is 11.2. The van der Waals surface area contributed by atoms with Crippen LogP contribution in [0.3, 0.4) is 0 Å². The molecule has 0 spiro atoms. The predicted molar refractivity (Wildman–Crippen MR) is 77.3 cm³/mol. The molecule has 3 nitrogen and oxygen atoms in total. The van der Waals surface area contributed by atoms with Gasteiger partial charge in [0.25, 0.3) is 0 Å². The monoisotopic (exact) mass is 253 g/mol. The molecule has 19 heavy (non-hydrogen) atoms. The molecule has 0 amide bonds. The molecule has 2 rings (SSSR count). The molecule has 0 aliphatic heterocycles. The SMILES string of the molecule is BC(C)C(=O)c1ccc(OCc2ccccc2)cn1. The van der Waals surface area contributed by atoms with Crippen molar-refractivity contribution >= 4 is 13.6 Å². The highest BCUT2D eigenvalue weighted by molar-refractivity contribution is 6.27. The summed E-state index contributed by atoms with van der Waals surface area (Å²) in [5, 5.41) is 0. The quantitative estimate of drug-likeness (QED) is 0.606. The first-order valence-electron chi connectivity index (χ1n) is 6.34. The topological polar surface area (TPSA) is 39.2 Å². The van der Waals surface area contributed by atoms with Crippen LogP contribution in [0.5, 0.6) is 5.75 Å². The molecule has 4 heteroatoms. The van der Waals surface area contributed by atoms with Crippen LogP contribution in [0.1, 0.15) is 23.0 Å². The van der Waals surface area contributed by atoms with Gasteiger partial charge in [-0.25, -0.2) is 4.98 Å². The highest BCUT2D eigenvalue weighted by Crippen LogP contribution is 2.14. The minimum atomic E-state index is -0.0383. The second-order valence-corrected chi connectivity index (χ2v) is 4.67. The minimum Gasteiger partial charge on any atom is -0.487 e. The molecule has 0 saturated carbocycles. The average Bonchev–Trinajstić information content (AvgIpc) is 2.46. The number of rotatable bonds is 5. The fraction of sp³-hybridized carbons (Fsp3) is 0.200. The van der Waals surface area contributed by atoms with Crippen LogP contribution in [0, 0.1) is 0 Å². The van der Waals surface area contributed by atoms with Gasteiger partial charge >= 0.3 is 0 Å². The van der Waals surface area contributed by atoms with E-state index in [1.54, 1.807) is 18.3 Å². The average molecular weight is 253 g/mol. The number of ketones is 1. The third-order valence-electron chi connectivity index (χ3n) is 2.76. The lowest BCUT2D eigenvalue weighted by molar-refractivity contribution is 0.0984. The van der Waals surface area contributed by atoms with Gasteiger partial charge in [0.1, 0.15) is 25.9 Å². The molecule has 96 valence electrons. The van der Waals surface area contributed by atoms with Gasteiger partial charge < -0.3 is 4.74 Å². The van der Waals surface area contributed by atoms with E-state index in [1.807, 2.05) is 45.1 Å². The van der Waals surface area contributed by atoms with E-state index >= 15 is 0 Å². The minimum absolute atomic E-state index is 0.0383. The lowest BCUT2D eigenvalue weighted by atomic mass is 9.84. The first-order valence-corrected chi connectivity index (χ1v) is 6.34. The number of pyridine rings is 1. The summed E-state index contributed by atoms with van der Waals surface area (Å²) in [6.45, 7) is 2.36. The molecule has 0 fully saturated rings. The molecule has 0 N–H and O–H groups in total.